The fraction of sp³-hybridized carbons (Fsp3) is 0.500. The van der Waals surface area contributed by atoms with E-state index >= 15 is 0 Å². The van der Waals surface area contributed by atoms with Gasteiger partial charge in [0.15, 0.2) is 0 Å². The van der Waals surface area contributed by atoms with Gasteiger partial charge in [-0.1, -0.05) is 26.0 Å². The maximum Gasteiger partial charge on any atom is 0.116 e. The lowest BCUT2D eigenvalue weighted by molar-refractivity contribution is 0.230. The van der Waals surface area contributed by atoms with Crippen LogP contribution in [-0.2, 0) is 6.42 Å². The molecule has 1 aromatic heterocycles. The largest absolute Gasteiger partial charge is 0.301 e. The SMILES string of the molecule is CCN(CC)C(C)Cc1cccc2ncnc(C)c12. The van der Waals surface area contributed by atoms with Gasteiger partial charge in [0, 0.05) is 17.1 Å². The Morgan fingerprint density at radius 3 is 2.58 bits per heavy atom. The standard InChI is InChI=1S/C16H23N3/c1-5-19(6-2)12(3)10-14-8-7-9-15-16(14)13(4)17-11-18-15/h7-9,11-12H,5-6,10H2,1-4H3. The predicted octanol–water partition coefficient (Wildman–Crippen LogP) is 3.21. The van der Waals surface area contributed by atoms with E-state index in [2.05, 4.69) is 60.8 Å². The smallest absolute Gasteiger partial charge is 0.116 e. The summed E-state index contributed by atoms with van der Waals surface area (Å²) in [5, 5.41) is 1.23. The minimum absolute atomic E-state index is 0.542. The van der Waals surface area contributed by atoms with Crippen molar-refractivity contribution in [3.8, 4) is 0 Å². The number of likely N-dealkylation sites (N-methyl/N-ethyl adjacent to an activating group) is 1. The molecule has 0 saturated heterocycles. The van der Waals surface area contributed by atoms with E-state index < -0.39 is 0 Å². The van der Waals surface area contributed by atoms with Crippen LogP contribution in [0, 0.1) is 6.92 Å². The zero-order chi connectivity index (χ0) is 13.8. The molecule has 0 bridgehead atoms. The average Bonchev–Trinajstić information content (AvgIpc) is 2.40. The molecule has 1 heterocycles. The van der Waals surface area contributed by atoms with Gasteiger partial charge in [0.1, 0.15) is 6.33 Å². The summed E-state index contributed by atoms with van der Waals surface area (Å²) in [5.41, 5.74) is 3.49. The van der Waals surface area contributed by atoms with Gasteiger partial charge in [-0.25, -0.2) is 9.97 Å². The lowest BCUT2D eigenvalue weighted by Gasteiger charge is -2.26. The summed E-state index contributed by atoms with van der Waals surface area (Å²) in [6.07, 6.45) is 2.70. The molecule has 0 radical (unpaired) electrons. The fourth-order valence-electron chi connectivity index (χ4n) is 2.82. The summed E-state index contributed by atoms with van der Waals surface area (Å²) in [4.78, 5) is 11.2. The Morgan fingerprint density at radius 1 is 1.16 bits per heavy atom. The first-order valence-electron chi connectivity index (χ1n) is 7.10. The van der Waals surface area contributed by atoms with Crippen molar-refractivity contribution < 1.29 is 0 Å². The van der Waals surface area contributed by atoms with Crippen molar-refractivity contribution in [2.45, 2.75) is 40.2 Å². The molecule has 0 aliphatic rings. The van der Waals surface area contributed by atoms with Crippen molar-refractivity contribution in [3.63, 3.8) is 0 Å². The highest BCUT2D eigenvalue weighted by Crippen LogP contribution is 2.21. The molecule has 3 heteroatoms. The summed E-state index contributed by atoms with van der Waals surface area (Å²) in [5.74, 6) is 0. The van der Waals surface area contributed by atoms with Crippen LogP contribution in [0.25, 0.3) is 10.9 Å². The molecule has 0 N–H and O–H groups in total. The van der Waals surface area contributed by atoms with E-state index in [0.717, 1.165) is 30.7 Å². The highest BCUT2D eigenvalue weighted by Gasteiger charge is 2.13. The Balaban J connectivity index is 2.35. The summed E-state index contributed by atoms with van der Waals surface area (Å²) in [6, 6.07) is 6.91. The number of aromatic nitrogens is 2. The van der Waals surface area contributed by atoms with Crippen molar-refractivity contribution >= 4 is 10.9 Å². The summed E-state index contributed by atoms with van der Waals surface area (Å²) >= 11 is 0. The topological polar surface area (TPSA) is 29.0 Å². The fourth-order valence-corrected chi connectivity index (χ4v) is 2.82. The predicted molar refractivity (Wildman–Crippen MR) is 80.4 cm³/mol. The van der Waals surface area contributed by atoms with Crippen LogP contribution in [0.1, 0.15) is 32.0 Å². The second-order valence-electron chi connectivity index (χ2n) is 5.04. The van der Waals surface area contributed by atoms with Crippen LogP contribution >= 0.6 is 0 Å². The highest BCUT2D eigenvalue weighted by atomic mass is 15.1. The number of rotatable bonds is 5. The van der Waals surface area contributed by atoms with Gasteiger partial charge in [-0.05, 0) is 45.0 Å². The molecule has 0 amide bonds. The molecule has 0 aliphatic heterocycles. The Kier molecular flexibility index (Phi) is 4.48. The maximum atomic E-state index is 4.37. The van der Waals surface area contributed by atoms with Gasteiger partial charge in [0.25, 0.3) is 0 Å². The Labute approximate surface area is 115 Å². The first kappa shape index (κ1) is 13.9. The first-order valence-corrected chi connectivity index (χ1v) is 7.10. The quantitative estimate of drug-likeness (QED) is 0.823. The van der Waals surface area contributed by atoms with Crippen LogP contribution in [0.15, 0.2) is 24.5 Å². The lowest BCUT2D eigenvalue weighted by Crippen LogP contribution is -2.34. The minimum atomic E-state index is 0.542. The van der Waals surface area contributed by atoms with Crippen LogP contribution in [0.5, 0.6) is 0 Å². The summed E-state index contributed by atoms with van der Waals surface area (Å²) in [7, 11) is 0. The van der Waals surface area contributed by atoms with Crippen molar-refractivity contribution in [2.24, 2.45) is 0 Å². The summed E-state index contributed by atoms with van der Waals surface area (Å²) < 4.78 is 0. The number of fused-ring (bicyclic) bond motifs is 1. The zero-order valence-corrected chi connectivity index (χ0v) is 12.3. The van der Waals surface area contributed by atoms with E-state index in [1.54, 1.807) is 6.33 Å². The molecule has 19 heavy (non-hydrogen) atoms. The van der Waals surface area contributed by atoms with Gasteiger partial charge < -0.3 is 4.90 Å². The molecule has 0 spiro atoms. The third kappa shape index (κ3) is 2.92. The van der Waals surface area contributed by atoms with Crippen molar-refractivity contribution in [1.82, 2.24) is 14.9 Å². The second-order valence-corrected chi connectivity index (χ2v) is 5.04. The van der Waals surface area contributed by atoms with Crippen LogP contribution in [0.4, 0.5) is 0 Å². The molecule has 2 aromatic rings. The molecule has 1 unspecified atom stereocenters. The minimum Gasteiger partial charge on any atom is -0.301 e. The average molecular weight is 257 g/mol. The molecule has 0 fully saturated rings. The molecule has 1 atom stereocenters. The monoisotopic (exact) mass is 257 g/mol. The number of benzene rings is 1. The normalized spacial score (nSPS) is 13.1. The summed E-state index contributed by atoms with van der Waals surface area (Å²) in [6.45, 7) is 11.0. The van der Waals surface area contributed by atoms with Crippen LogP contribution in [0.2, 0.25) is 0 Å². The van der Waals surface area contributed by atoms with Gasteiger partial charge in [-0.15, -0.1) is 0 Å². The molecule has 0 saturated carbocycles. The third-order valence-electron chi connectivity index (χ3n) is 3.89. The van der Waals surface area contributed by atoms with Gasteiger partial charge in [0.05, 0.1) is 5.52 Å². The molecule has 2 rings (SSSR count). The van der Waals surface area contributed by atoms with Gasteiger partial charge in [-0.2, -0.15) is 0 Å². The van der Waals surface area contributed by atoms with E-state index in [0.29, 0.717) is 6.04 Å². The Hall–Kier alpha value is -1.48. The first-order chi connectivity index (χ1) is 9.17. The van der Waals surface area contributed by atoms with E-state index in [9.17, 15) is 0 Å². The van der Waals surface area contributed by atoms with Crippen LogP contribution < -0.4 is 0 Å². The zero-order valence-electron chi connectivity index (χ0n) is 12.3. The molecule has 102 valence electrons. The van der Waals surface area contributed by atoms with Crippen molar-refractivity contribution in [3.05, 3.63) is 35.8 Å². The van der Waals surface area contributed by atoms with E-state index in [1.165, 1.54) is 10.9 Å². The highest BCUT2D eigenvalue weighted by molar-refractivity contribution is 5.84. The number of hydrogen-bond acceptors (Lipinski definition) is 3. The Morgan fingerprint density at radius 2 is 1.89 bits per heavy atom. The van der Waals surface area contributed by atoms with Crippen molar-refractivity contribution in [1.29, 1.82) is 0 Å². The lowest BCUT2D eigenvalue weighted by atomic mass is 10.00. The van der Waals surface area contributed by atoms with E-state index in [4.69, 9.17) is 0 Å². The van der Waals surface area contributed by atoms with Gasteiger partial charge in [0.2, 0.25) is 0 Å². The van der Waals surface area contributed by atoms with E-state index in [1.807, 2.05) is 0 Å². The molecular formula is C16H23N3. The number of nitrogens with zero attached hydrogens (tertiary/aromatic N) is 3. The van der Waals surface area contributed by atoms with Gasteiger partial charge >= 0.3 is 0 Å². The molecule has 3 nitrogen and oxygen atoms in total. The van der Waals surface area contributed by atoms with E-state index in [-0.39, 0.29) is 0 Å². The maximum absolute atomic E-state index is 4.37. The second kappa shape index (κ2) is 6.11. The van der Waals surface area contributed by atoms with Crippen molar-refractivity contribution in [2.75, 3.05) is 13.1 Å². The number of hydrogen-bond donors (Lipinski definition) is 0. The third-order valence-corrected chi connectivity index (χ3v) is 3.89. The number of aryl methyl sites for hydroxylation is 1. The molecule has 1 aromatic carbocycles. The Bertz CT molecular complexity index is 541. The van der Waals surface area contributed by atoms with Crippen LogP contribution in [0.3, 0.4) is 0 Å². The molecule has 0 aliphatic carbocycles. The molecular weight excluding hydrogens is 234 g/mol. The van der Waals surface area contributed by atoms with Crippen LogP contribution in [-0.4, -0.2) is 34.0 Å². The van der Waals surface area contributed by atoms with Gasteiger partial charge in [-0.3, -0.25) is 0 Å².